The third kappa shape index (κ3) is 2.65. The summed E-state index contributed by atoms with van der Waals surface area (Å²) in [6.07, 6.45) is 7.03. The lowest BCUT2D eigenvalue weighted by molar-refractivity contribution is -0.145. The highest BCUT2D eigenvalue weighted by molar-refractivity contribution is 5.75. The Morgan fingerprint density at radius 2 is 1.74 bits per heavy atom. The first-order valence-corrected chi connectivity index (χ1v) is 7.85. The molecule has 4 aliphatic carbocycles. The van der Waals surface area contributed by atoms with Gasteiger partial charge in [-0.05, 0) is 69.6 Å². The van der Waals surface area contributed by atoms with Gasteiger partial charge in [0.2, 0.25) is 0 Å². The molecule has 4 aliphatic rings. The molecule has 2 N–H and O–H groups in total. The van der Waals surface area contributed by atoms with Crippen LogP contribution in [0.25, 0.3) is 0 Å². The fraction of sp³-hybridized carbons (Fsp3) is 0.933. The quantitative estimate of drug-likeness (QED) is 0.589. The molecule has 0 aromatic heterocycles. The maximum Gasteiger partial charge on any atom is 0.324 e. The van der Waals surface area contributed by atoms with Crippen molar-refractivity contribution in [3.05, 3.63) is 0 Å². The Bertz CT molecular complexity index is 317. The van der Waals surface area contributed by atoms with Gasteiger partial charge in [0.05, 0.1) is 6.61 Å². The van der Waals surface area contributed by atoms with Crippen molar-refractivity contribution in [2.75, 3.05) is 6.61 Å². The number of hydrogen-bond acceptors (Lipinski definition) is 4. The second kappa shape index (κ2) is 5.41. The van der Waals surface area contributed by atoms with E-state index in [9.17, 15) is 4.79 Å². The first-order valence-electron chi connectivity index (χ1n) is 7.85. The highest BCUT2D eigenvalue weighted by Crippen LogP contribution is 2.53. The predicted octanol–water partition coefficient (Wildman–Crippen LogP) is 1.86. The van der Waals surface area contributed by atoms with Gasteiger partial charge in [0.15, 0.2) is 0 Å². The molecule has 0 radical (unpaired) electrons. The van der Waals surface area contributed by atoms with E-state index >= 15 is 0 Å². The molecule has 4 fully saturated rings. The molecule has 4 heteroatoms. The summed E-state index contributed by atoms with van der Waals surface area (Å²) in [6, 6.07) is 0.293. The Hall–Kier alpha value is -0.610. The molecule has 19 heavy (non-hydrogen) atoms. The van der Waals surface area contributed by atoms with Gasteiger partial charge < -0.3 is 4.74 Å². The van der Waals surface area contributed by atoms with Crippen molar-refractivity contribution in [1.82, 2.24) is 10.9 Å². The van der Waals surface area contributed by atoms with E-state index in [4.69, 9.17) is 4.74 Å². The number of carbonyl (C=O) groups excluding carboxylic acids is 1. The Labute approximate surface area is 115 Å². The van der Waals surface area contributed by atoms with Crippen LogP contribution in [-0.4, -0.2) is 24.7 Å². The fourth-order valence-electron chi connectivity index (χ4n) is 4.71. The second-order valence-corrected chi connectivity index (χ2v) is 6.72. The van der Waals surface area contributed by atoms with Crippen LogP contribution in [0.5, 0.6) is 0 Å². The number of hydrogen-bond donors (Lipinski definition) is 2. The van der Waals surface area contributed by atoms with Gasteiger partial charge in [-0.2, -0.15) is 0 Å². The third-order valence-electron chi connectivity index (χ3n) is 5.33. The van der Waals surface area contributed by atoms with Gasteiger partial charge in [-0.15, -0.1) is 0 Å². The van der Waals surface area contributed by atoms with E-state index in [1.54, 1.807) is 0 Å². The average molecular weight is 266 g/mol. The van der Waals surface area contributed by atoms with Crippen LogP contribution >= 0.6 is 0 Å². The molecule has 0 spiro atoms. The summed E-state index contributed by atoms with van der Waals surface area (Å²) in [5.74, 6) is 3.45. The van der Waals surface area contributed by atoms with E-state index in [0.29, 0.717) is 12.6 Å². The van der Waals surface area contributed by atoms with E-state index in [0.717, 1.165) is 23.7 Å². The van der Waals surface area contributed by atoms with Crippen molar-refractivity contribution in [3.63, 3.8) is 0 Å². The molecule has 1 atom stereocenters. The molecular weight excluding hydrogens is 240 g/mol. The molecule has 4 saturated carbocycles. The minimum Gasteiger partial charge on any atom is -0.465 e. The van der Waals surface area contributed by atoms with E-state index in [1.807, 2.05) is 13.8 Å². The Balaban J connectivity index is 1.52. The molecule has 0 amide bonds. The van der Waals surface area contributed by atoms with Crippen LogP contribution in [0.2, 0.25) is 0 Å². The van der Waals surface area contributed by atoms with Gasteiger partial charge in [-0.25, -0.2) is 5.43 Å². The topological polar surface area (TPSA) is 50.4 Å². The first kappa shape index (κ1) is 13.4. The number of rotatable bonds is 5. The molecule has 4 nitrogen and oxygen atoms in total. The summed E-state index contributed by atoms with van der Waals surface area (Å²) >= 11 is 0. The number of carbonyl (C=O) groups is 1. The minimum atomic E-state index is -0.267. The predicted molar refractivity (Wildman–Crippen MR) is 73.2 cm³/mol. The van der Waals surface area contributed by atoms with Gasteiger partial charge in [0.1, 0.15) is 6.04 Å². The molecular formula is C15H26N2O2. The molecule has 108 valence electrons. The van der Waals surface area contributed by atoms with Crippen LogP contribution in [0.1, 0.15) is 46.0 Å². The van der Waals surface area contributed by atoms with Crippen LogP contribution in [0.3, 0.4) is 0 Å². The summed E-state index contributed by atoms with van der Waals surface area (Å²) in [5.41, 5.74) is 6.62. The standard InChI is InChI=1S/C15H26N2O2/c1-3-19-15(18)9(2)16-17-14-12-5-10-4-11(7-12)8-13(14)6-10/h9-14,16-17H,3-8H2,1-2H3. The van der Waals surface area contributed by atoms with Gasteiger partial charge in [0.25, 0.3) is 0 Å². The molecule has 0 heterocycles. The Morgan fingerprint density at radius 1 is 1.16 bits per heavy atom. The molecule has 0 aromatic rings. The van der Waals surface area contributed by atoms with Crippen molar-refractivity contribution in [2.24, 2.45) is 23.7 Å². The van der Waals surface area contributed by atoms with Crippen LogP contribution < -0.4 is 10.9 Å². The van der Waals surface area contributed by atoms with Crippen molar-refractivity contribution < 1.29 is 9.53 Å². The molecule has 0 aliphatic heterocycles. The normalized spacial score (nSPS) is 41.3. The monoisotopic (exact) mass is 266 g/mol. The smallest absolute Gasteiger partial charge is 0.324 e. The van der Waals surface area contributed by atoms with Crippen LogP contribution in [0.4, 0.5) is 0 Å². The van der Waals surface area contributed by atoms with Crippen LogP contribution in [-0.2, 0) is 9.53 Å². The van der Waals surface area contributed by atoms with E-state index in [-0.39, 0.29) is 12.0 Å². The molecule has 0 aromatic carbocycles. The zero-order valence-electron chi connectivity index (χ0n) is 12.0. The number of esters is 1. The second-order valence-electron chi connectivity index (χ2n) is 6.72. The molecule has 1 unspecified atom stereocenters. The summed E-state index contributed by atoms with van der Waals surface area (Å²) < 4.78 is 5.02. The largest absolute Gasteiger partial charge is 0.465 e. The summed E-state index contributed by atoms with van der Waals surface area (Å²) in [6.45, 7) is 4.15. The van der Waals surface area contributed by atoms with Gasteiger partial charge in [0, 0.05) is 6.04 Å². The van der Waals surface area contributed by atoms with Crippen molar-refractivity contribution in [1.29, 1.82) is 0 Å². The fourth-order valence-corrected chi connectivity index (χ4v) is 4.71. The highest BCUT2D eigenvalue weighted by Gasteiger charge is 2.48. The minimum absolute atomic E-state index is 0.168. The molecule has 4 bridgehead atoms. The van der Waals surface area contributed by atoms with Crippen molar-refractivity contribution in [2.45, 2.75) is 58.0 Å². The maximum atomic E-state index is 11.6. The lowest BCUT2D eigenvalue weighted by Crippen LogP contribution is -2.60. The van der Waals surface area contributed by atoms with Crippen LogP contribution in [0, 0.1) is 23.7 Å². The van der Waals surface area contributed by atoms with Gasteiger partial charge >= 0.3 is 5.97 Å². The van der Waals surface area contributed by atoms with E-state index in [2.05, 4.69) is 10.9 Å². The first-order chi connectivity index (χ1) is 9.17. The summed E-state index contributed by atoms with van der Waals surface area (Å²) in [5, 5.41) is 0. The van der Waals surface area contributed by atoms with Gasteiger partial charge in [-0.1, -0.05) is 0 Å². The third-order valence-corrected chi connectivity index (χ3v) is 5.33. The lowest BCUT2D eigenvalue weighted by Gasteiger charge is -2.54. The van der Waals surface area contributed by atoms with E-state index < -0.39 is 0 Å². The Kier molecular flexibility index (Phi) is 3.81. The Morgan fingerprint density at radius 3 is 2.26 bits per heavy atom. The van der Waals surface area contributed by atoms with Crippen molar-refractivity contribution in [3.8, 4) is 0 Å². The average Bonchev–Trinajstić information content (AvgIpc) is 2.37. The van der Waals surface area contributed by atoms with E-state index in [1.165, 1.54) is 32.1 Å². The van der Waals surface area contributed by atoms with Crippen LogP contribution in [0.15, 0.2) is 0 Å². The maximum absolute atomic E-state index is 11.6. The zero-order chi connectivity index (χ0) is 13.4. The number of hydrazine groups is 1. The summed E-state index contributed by atoms with van der Waals surface area (Å²) in [7, 11) is 0. The molecule has 4 rings (SSSR count). The zero-order valence-corrected chi connectivity index (χ0v) is 12.0. The SMILES string of the molecule is CCOC(=O)C(C)NNC1C2CC3CC(C2)CC1C3. The van der Waals surface area contributed by atoms with Gasteiger partial charge in [-0.3, -0.25) is 10.2 Å². The molecule has 0 saturated heterocycles. The lowest BCUT2D eigenvalue weighted by atomic mass is 9.54. The number of nitrogens with one attached hydrogen (secondary N) is 2. The number of ether oxygens (including phenoxy) is 1. The van der Waals surface area contributed by atoms with Crippen molar-refractivity contribution >= 4 is 5.97 Å². The summed E-state index contributed by atoms with van der Waals surface area (Å²) in [4.78, 5) is 11.6. The highest BCUT2D eigenvalue weighted by atomic mass is 16.5.